The summed E-state index contributed by atoms with van der Waals surface area (Å²) in [6.45, 7) is 3.48. The molecule has 1 aromatic heterocycles. The van der Waals surface area contributed by atoms with Crippen LogP contribution in [0.3, 0.4) is 0 Å². The summed E-state index contributed by atoms with van der Waals surface area (Å²) in [6.07, 6.45) is 1.70. The minimum absolute atomic E-state index is 0.290. The zero-order chi connectivity index (χ0) is 12.6. The van der Waals surface area contributed by atoms with Crippen LogP contribution in [0.25, 0.3) is 10.9 Å². The van der Waals surface area contributed by atoms with Gasteiger partial charge in [0, 0.05) is 11.6 Å². The molecule has 0 aliphatic rings. The Morgan fingerprint density at radius 3 is 2.71 bits per heavy atom. The third-order valence-corrected chi connectivity index (χ3v) is 2.97. The van der Waals surface area contributed by atoms with Gasteiger partial charge < -0.3 is 9.30 Å². The number of carbonyl (C=O) groups excluding carboxylic acids is 1. The van der Waals surface area contributed by atoms with Crippen LogP contribution in [-0.4, -0.2) is 17.6 Å². The highest BCUT2D eigenvalue weighted by molar-refractivity contribution is 5.85. The largest absolute Gasteiger partial charge is 0.467 e. The highest BCUT2D eigenvalue weighted by Gasteiger charge is 2.31. The van der Waals surface area contributed by atoms with Crippen molar-refractivity contribution >= 4 is 16.9 Å². The number of halogens is 1. The van der Waals surface area contributed by atoms with E-state index in [0.29, 0.717) is 10.9 Å². The number of methoxy groups -OCH3 is 1. The Bertz CT molecular complexity index is 572. The first kappa shape index (κ1) is 11.6. The molecule has 0 N–H and O–H groups in total. The SMILES string of the molecule is COC(=O)C(C)(C)n1ccc2c(F)cccc21. The van der Waals surface area contributed by atoms with Gasteiger partial charge >= 0.3 is 5.97 Å². The summed E-state index contributed by atoms with van der Waals surface area (Å²) in [4.78, 5) is 11.7. The molecule has 0 amide bonds. The molecule has 0 saturated heterocycles. The van der Waals surface area contributed by atoms with E-state index in [-0.39, 0.29) is 11.8 Å². The van der Waals surface area contributed by atoms with E-state index in [9.17, 15) is 9.18 Å². The molecule has 0 radical (unpaired) electrons. The van der Waals surface area contributed by atoms with Gasteiger partial charge in [-0.3, -0.25) is 0 Å². The third kappa shape index (κ3) is 1.69. The first-order valence-corrected chi connectivity index (χ1v) is 5.33. The molecule has 1 aromatic carbocycles. The molecule has 0 unspecified atom stereocenters. The van der Waals surface area contributed by atoms with Gasteiger partial charge in [-0.25, -0.2) is 9.18 Å². The standard InChI is InChI=1S/C13H14FNO2/c1-13(2,12(16)17-3)15-8-7-9-10(14)5-4-6-11(9)15/h4-8H,1-3H3. The topological polar surface area (TPSA) is 31.2 Å². The fourth-order valence-electron chi connectivity index (χ4n) is 1.97. The number of aromatic nitrogens is 1. The fraction of sp³-hybridized carbons (Fsp3) is 0.308. The number of rotatable bonds is 2. The smallest absolute Gasteiger partial charge is 0.331 e. The van der Waals surface area contributed by atoms with Gasteiger partial charge in [0.15, 0.2) is 0 Å². The van der Waals surface area contributed by atoms with Gasteiger partial charge in [0.25, 0.3) is 0 Å². The number of hydrogen-bond donors (Lipinski definition) is 0. The van der Waals surface area contributed by atoms with Gasteiger partial charge in [0.2, 0.25) is 0 Å². The van der Waals surface area contributed by atoms with E-state index in [0.717, 1.165) is 0 Å². The number of nitrogens with zero attached hydrogens (tertiary/aromatic N) is 1. The van der Waals surface area contributed by atoms with Crippen molar-refractivity contribution in [3.63, 3.8) is 0 Å². The van der Waals surface area contributed by atoms with Crippen molar-refractivity contribution in [3.8, 4) is 0 Å². The van der Waals surface area contributed by atoms with Crippen LogP contribution in [0.2, 0.25) is 0 Å². The van der Waals surface area contributed by atoms with Gasteiger partial charge in [-0.15, -0.1) is 0 Å². The van der Waals surface area contributed by atoms with Crippen LogP contribution in [0.4, 0.5) is 4.39 Å². The summed E-state index contributed by atoms with van der Waals surface area (Å²) in [7, 11) is 1.34. The Hall–Kier alpha value is -1.84. The molecule has 1 heterocycles. The predicted molar refractivity (Wildman–Crippen MR) is 63.2 cm³/mol. The third-order valence-electron chi connectivity index (χ3n) is 2.97. The molecule has 0 aliphatic heterocycles. The van der Waals surface area contributed by atoms with Crippen molar-refractivity contribution < 1.29 is 13.9 Å². The van der Waals surface area contributed by atoms with E-state index in [4.69, 9.17) is 4.74 Å². The van der Waals surface area contributed by atoms with Gasteiger partial charge in [0.05, 0.1) is 12.6 Å². The summed E-state index contributed by atoms with van der Waals surface area (Å²) in [5.41, 5.74) is -0.176. The van der Waals surface area contributed by atoms with Crippen LogP contribution < -0.4 is 0 Å². The molecule has 3 nitrogen and oxygen atoms in total. The summed E-state index contributed by atoms with van der Waals surface area (Å²) in [6, 6.07) is 6.47. The van der Waals surface area contributed by atoms with Crippen molar-refractivity contribution in [3.05, 3.63) is 36.3 Å². The summed E-state index contributed by atoms with van der Waals surface area (Å²) < 4.78 is 20.0. The first-order valence-electron chi connectivity index (χ1n) is 5.33. The molecular formula is C13H14FNO2. The Morgan fingerprint density at radius 2 is 2.06 bits per heavy atom. The summed E-state index contributed by atoms with van der Waals surface area (Å²) in [5.74, 6) is -0.652. The minimum atomic E-state index is -0.857. The second kappa shape index (κ2) is 3.87. The molecule has 4 heteroatoms. The maximum atomic E-state index is 13.5. The average molecular weight is 235 g/mol. The van der Waals surface area contributed by atoms with Crippen molar-refractivity contribution in [1.29, 1.82) is 0 Å². The number of fused-ring (bicyclic) bond motifs is 1. The Morgan fingerprint density at radius 1 is 1.35 bits per heavy atom. The Balaban J connectivity index is 2.64. The van der Waals surface area contributed by atoms with E-state index in [1.165, 1.54) is 13.2 Å². The summed E-state index contributed by atoms with van der Waals surface area (Å²) in [5, 5.41) is 0.504. The lowest BCUT2D eigenvalue weighted by atomic mass is 10.1. The molecule has 0 aliphatic carbocycles. The molecule has 90 valence electrons. The lowest BCUT2D eigenvalue weighted by molar-refractivity contribution is -0.149. The van der Waals surface area contributed by atoms with E-state index < -0.39 is 5.54 Å². The Labute approximate surface area is 98.8 Å². The number of esters is 1. The molecule has 0 bridgehead atoms. The fourth-order valence-corrected chi connectivity index (χ4v) is 1.97. The first-order chi connectivity index (χ1) is 7.98. The normalized spacial score (nSPS) is 11.8. The maximum Gasteiger partial charge on any atom is 0.331 e. The van der Waals surface area contributed by atoms with Crippen LogP contribution in [-0.2, 0) is 15.1 Å². The molecule has 2 rings (SSSR count). The molecule has 0 fully saturated rings. The molecular weight excluding hydrogens is 221 g/mol. The van der Waals surface area contributed by atoms with Crippen molar-refractivity contribution in [2.45, 2.75) is 19.4 Å². The predicted octanol–water partition coefficient (Wildman–Crippen LogP) is 2.69. The van der Waals surface area contributed by atoms with E-state index >= 15 is 0 Å². The zero-order valence-electron chi connectivity index (χ0n) is 10.0. The summed E-state index contributed by atoms with van der Waals surface area (Å²) >= 11 is 0. The van der Waals surface area contributed by atoms with Crippen LogP contribution in [0.5, 0.6) is 0 Å². The van der Waals surface area contributed by atoms with E-state index in [2.05, 4.69) is 0 Å². The van der Waals surface area contributed by atoms with Gasteiger partial charge in [-0.1, -0.05) is 6.07 Å². The Kier molecular flexibility index (Phi) is 2.65. The lowest BCUT2D eigenvalue weighted by Crippen LogP contribution is -2.36. The highest BCUT2D eigenvalue weighted by Crippen LogP contribution is 2.26. The number of benzene rings is 1. The monoisotopic (exact) mass is 235 g/mol. The highest BCUT2D eigenvalue weighted by atomic mass is 19.1. The molecule has 0 saturated carbocycles. The molecule has 17 heavy (non-hydrogen) atoms. The second-order valence-electron chi connectivity index (χ2n) is 4.41. The van der Waals surface area contributed by atoms with E-state index in [1.54, 1.807) is 42.8 Å². The van der Waals surface area contributed by atoms with Crippen molar-refractivity contribution in [1.82, 2.24) is 4.57 Å². The molecule has 0 atom stereocenters. The number of carbonyl (C=O) groups is 1. The van der Waals surface area contributed by atoms with Crippen LogP contribution in [0.1, 0.15) is 13.8 Å². The van der Waals surface area contributed by atoms with Gasteiger partial charge in [-0.2, -0.15) is 0 Å². The molecule has 2 aromatic rings. The van der Waals surface area contributed by atoms with Crippen molar-refractivity contribution in [2.75, 3.05) is 7.11 Å². The average Bonchev–Trinajstić information content (AvgIpc) is 2.73. The van der Waals surface area contributed by atoms with Gasteiger partial charge in [-0.05, 0) is 32.0 Å². The number of hydrogen-bond acceptors (Lipinski definition) is 2. The van der Waals surface area contributed by atoms with Crippen LogP contribution in [0, 0.1) is 5.82 Å². The molecule has 0 spiro atoms. The number of ether oxygens (including phenoxy) is 1. The van der Waals surface area contributed by atoms with Crippen molar-refractivity contribution in [2.24, 2.45) is 0 Å². The van der Waals surface area contributed by atoms with E-state index in [1.807, 2.05) is 0 Å². The van der Waals surface area contributed by atoms with Crippen LogP contribution in [0.15, 0.2) is 30.5 Å². The minimum Gasteiger partial charge on any atom is -0.467 e. The maximum absolute atomic E-state index is 13.5. The second-order valence-corrected chi connectivity index (χ2v) is 4.41. The lowest BCUT2D eigenvalue weighted by Gasteiger charge is -2.24. The van der Waals surface area contributed by atoms with Crippen LogP contribution >= 0.6 is 0 Å². The quantitative estimate of drug-likeness (QED) is 0.749. The van der Waals surface area contributed by atoms with Gasteiger partial charge in [0.1, 0.15) is 11.4 Å². The zero-order valence-corrected chi connectivity index (χ0v) is 10.0.